The summed E-state index contributed by atoms with van der Waals surface area (Å²) < 4.78 is 16.8. The monoisotopic (exact) mass is 509 g/mol. The summed E-state index contributed by atoms with van der Waals surface area (Å²) >= 11 is 6.25. The second-order valence-electron chi connectivity index (χ2n) is 8.63. The minimum atomic E-state index is -0.407. The number of carbonyl (C=O) groups is 2. The van der Waals surface area contributed by atoms with Crippen LogP contribution in [0.1, 0.15) is 21.7 Å². The van der Waals surface area contributed by atoms with Crippen LogP contribution in [-0.2, 0) is 11.2 Å². The summed E-state index contributed by atoms with van der Waals surface area (Å²) in [5, 5.41) is 6.82. The minimum absolute atomic E-state index is 0.0262. The fourth-order valence-corrected chi connectivity index (χ4v) is 4.89. The Hall–Kier alpha value is -4.55. The van der Waals surface area contributed by atoms with Crippen LogP contribution in [0.15, 0.2) is 94.0 Å². The van der Waals surface area contributed by atoms with Gasteiger partial charge in [0, 0.05) is 21.9 Å². The van der Waals surface area contributed by atoms with Gasteiger partial charge in [-0.25, -0.2) is 0 Å². The highest BCUT2D eigenvalue weighted by molar-refractivity contribution is 6.32. The molecule has 0 saturated heterocycles. The highest BCUT2D eigenvalue weighted by atomic mass is 35.5. The van der Waals surface area contributed by atoms with Gasteiger partial charge in [0.15, 0.2) is 5.76 Å². The van der Waals surface area contributed by atoms with Crippen LogP contribution >= 0.6 is 11.6 Å². The largest absolute Gasteiger partial charge is 0.495 e. The normalized spacial score (nSPS) is 11.3. The van der Waals surface area contributed by atoms with Gasteiger partial charge >= 0.3 is 0 Å². The van der Waals surface area contributed by atoms with E-state index in [4.69, 9.17) is 25.2 Å². The minimum Gasteiger partial charge on any atom is -0.495 e. The van der Waals surface area contributed by atoms with Crippen molar-refractivity contribution in [3.8, 4) is 5.75 Å². The van der Waals surface area contributed by atoms with Gasteiger partial charge in [0.1, 0.15) is 16.9 Å². The highest BCUT2D eigenvalue weighted by Gasteiger charge is 2.24. The van der Waals surface area contributed by atoms with Gasteiger partial charge in [0.05, 0.1) is 30.5 Å². The lowest BCUT2D eigenvalue weighted by Crippen LogP contribution is -2.16. The van der Waals surface area contributed by atoms with E-state index in [9.17, 15) is 9.59 Å². The van der Waals surface area contributed by atoms with E-state index < -0.39 is 5.78 Å². The van der Waals surface area contributed by atoms with E-state index in [1.165, 1.54) is 13.2 Å². The average Bonchev–Trinajstić information content (AvgIpc) is 3.50. The molecule has 4 aromatic carbocycles. The number of amides is 1. The number of nitrogens with one attached hydrogen (secondary N) is 1. The van der Waals surface area contributed by atoms with Crippen molar-refractivity contribution in [3.05, 3.63) is 107 Å². The Balaban J connectivity index is 1.37. The lowest BCUT2D eigenvalue weighted by molar-refractivity contribution is -0.115. The molecule has 1 N–H and O–H groups in total. The van der Waals surface area contributed by atoms with Gasteiger partial charge in [-0.05, 0) is 47.2 Å². The molecule has 6 aromatic rings. The van der Waals surface area contributed by atoms with E-state index >= 15 is 0 Å². The maximum absolute atomic E-state index is 13.4. The number of anilines is 1. The number of para-hydroxylation sites is 1. The summed E-state index contributed by atoms with van der Waals surface area (Å²) in [6.45, 7) is 0. The Morgan fingerprint density at radius 2 is 1.70 bits per heavy atom. The van der Waals surface area contributed by atoms with E-state index in [1.54, 1.807) is 36.6 Å². The maximum atomic E-state index is 13.4. The first-order valence-electron chi connectivity index (χ1n) is 11.6. The van der Waals surface area contributed by atoms with Crippen molar-refractivity contribution in [2.24, 2.45) is 0 Å². The first-order valence-corrected chi connectivity index (χ1v) is 12.0. The SMILES string of the molecule is COc1ccc(C(=O)c2oc3ccccc3c2NC(=O)Cc2coc3ccc4ccccc4c23)cc1Cl. The van der Waals surface area contributed by atoms with Crippen LogP contribution in [-0.4, -0.2) is 18.8 Å². The number of hydrogen-bond acceptors (Lipinski definition) is 5. The van der Waals surface area contributed by atoms with Crippen LogP contribution in [0.4, 0.5) is 5.69 Å². The molecule has 6 nitrogen and oxygen atoms in total. The Bertz CT molecular complexity index is 1830. The fraction of sp³-hybridized carbons (Fsp3) is 0.0667. The Morgan fingerprint density at radius 1 is 0.919 bits per heavy atom. The summed E-state index contributed by atoms with van der Waals surface area (Å²) in [6.07, 6.45) is 1.66. The van der Waals surface area contributed by atoms with Gasteiger partial charge < -0.3 is 18.9 Å². The third kappa shape index (κ3) is 4.01. The van der Waals surface area contributed by atoms with Crippen LogP contribution in [0.2, 0.25) is 5.02 Å². The fourth-order valence-electron chi connectivity index (χ4n) is 4.63. The van der Waals surface area contributed by atoms with Crippen LogP contribution in [0.5, 0.6) is 5.75 Å². The van der Waals surface area contributed by atoms with Crippen molar-refractivity contribution in [1.82, 2.24) is 0 Å². The van der Waals surface area contributed by atoms with Gasteiger partial charge in [-0.3, -0.25) is 9.59 Å². The summed E-state index contributed by atoms with van der Waals surface area (Å²) in [6, 6.07) is 23.8. The van der Waals surface area contributed by atoms with Crippen LogP contribution in [0.25, 0.3) is 32.7 Å². The smallest absolute Gasteiger partial charge is 0.230 e. The second kappa shape index (κ2) is 9.15. The molecule has 0 atom stereocenters. The second-order valence-corrected chi connectivity index (χ2v) is 9.03. The number of methoxy groups -OCH3 is 1. The van der Waals surface area contributed by atoms with Crippen LogP contribution < -0.4 is 10.1 Å². The predicted octanol–water partition coefficient (Wildman–Crippen LogP) is 7.41. The highest BCUT2D eigenvalue weighted by Crippen LogP contribution is 2.35. The first-order chi connectivity index (χ1) is 18.0. The summed E-state index contributed by atoms with van der Waals surface area (Å²) in [5.41, 5.74) is 2.58. The van der Waals surface area contributed by atoms with Crippen molar-refractivity contribution in [2.45, 2.75) is 6.42 Å². The van der Waals surface area contributed by atoms with E-state index in [1.807, 2.05) is 42.5 Å². The molecule has 0 unspecified atom stereocenters. The average molecular weight is 510 g/mol. The molecule has 0 aliphatic heterocycles. The Kier molecular flexibility index (Phi) is 5.66. The number of hydrogen-bond donors (Lipinski definition) is 1. The molecule has 7 heteroatoms. The van der Waals surface area contributed by atoms with E-state index in [2.05, 4.69) is 5.32 Å². The number of fused-ring (bicyclic) bond motifs is 4. The molecule has 0 spiro atoms. The molecule has 0 bridgehead atoms. The zero-order valence-electron chi connectivity index (χ0n) is 19.7. The van der Waals surface area contributed by atoms with Gasteiger partial charge in [-0.1, -0.05) is 54.1 Å². The molecule has 0 fully saturated rings. The number of furan rings is 2. The maximum Gasteiger partial charge on any atom is 0.230 e. The van der Waals surface area contributed by atoms with Crippen molar-refractivity contribution < 1.29 is 23.2 Å². The number of ether oxygens (including phenoxy) is 1. The Labute approximate surface area is 216 Å². The standard InChI is InChI=1S/C30H20ClNO5/c1-35-24-12-11-18(14-22(24)31)29(34)30-28(21-8-4-5-9-23(21)37-30)32-26(33)15-19-16-36-25-13-10-17-6-2-3-7-20(17)27(19)25/h2-14,16H,15H2,1H3,(H,32,33). The molecular formula is C30H20ClNO5. The third-order valence-electron chi connectivity index (χ3n) is 6.37. The van der Waals surface area contributed by atoms with Gasteiger partial charge in [0.25, 0.3) is 0 Å². The van der Waals surface area contributed by atoms with E-state index in [-0.39, 0.29) is 18.1 Å². The molecule has 0 saturated carbocycles. The van der Waals surface area contributed by atoms with E-state index in [0.29, 0.717) is 38.6 Å². The summed E-state index contributed by atoms with van der Waals surface area (Å²) in [4.78, 5) is 26.8. The number of halogens is 1. The first kappa shape index (κ1) is 22.9. The molecule has 1 amide bonds. The van der Waals surface area contributed by atoms with Crippen molar-refractivity contribution in [1.29, 1.82) is 0 Å². The lowest BCUT2D eigenvalue weighted by Gasteiger charge is -2.08. The number of carbonyl (C=O) groups excluding carboxylic acids is 2. The van der Waals surface area contributed by atoms with Gasteiger partial charge in [-0.2, -0.15) is 0 Å². The molecule has 2 heterocycles. The number of ketones is 1. The topological polar surface area (TPSA) is 81.7 Å². The number of rotatable bonds is 6. The molecule has 0 radical (unpaired) electrons. The Morgan fingerprint density at radius 3 is 2.51 bits per heavy atom. The van der Waals surface area contributed by atoms with Crippen molar-refractivity contribution >= 4 is 61.7 Å². The van der Waals surface area contributed by atoms with Crippen LogP contribution in [0.3, 0.4) is 0 Å². The van der Waals surface area contributed by atoms with Gasteiger partial charge in [0.2, 0.25) is 11.7 Å². The van der Waals surface area contributed by atoms with Gasteiger partial charge in [-0.15, -0.1) is 0 Å². The zero-order valence-corrected chi connectivity index (χ0v) is 20.5. The molecule has 182 valence electrons. The molecule has 37 heavy (non-hydrogen) atoms. The third-order valence-corrected chi connectivity index (χ3v) is 6.67. The van der Waals surface area contributed by atoms with Crippen molar-refractivity contribution in [2.75, 3.05) is 12.4 Å². The number of benzene rings is 4. The predicted molar refractivity (Wildman–Crippen MR) is 144 cm³/mol. The zero-order chi connectivity index (χ0) is 25.5. The lowest BCUT2D eigenvalue weighted by atomic mass is 10.0. The molecule has 2 aromatic heterocycles. The van der Waals surface area contributed by atoms with E-state index in [0.717, 1.165) is 21.7 Å². The summed E-state index contributed by atoms with van der Waals surface area (Å²) in [7, 11) is 1.50. The molecule has 6 rings (SSSR count). The molecule has 0 aliphatic rings. The quantitative estimate of drug-likeness (QED) is 0.236. The molecular weight excluding hydrogens is 490 g/mol. The van der Waals surface area contributed by atoms with Crippen molar-refractivity contribution in [3.63, 3.8) is 0 Å². The summed E-state index contributed by atoms with van der Waals surface area (Å²) in [5.74, 6) is -0.227. The van der Waals surface area contributed by atoms with Crippen LogP contribution in [0, 0.1) is 0 Å². The molecule has 0 aliphatic carbocycles.